The van der Waals surface area contributed by atoms with Crippen molar-refractivity contribution >= 4 is 17.3 Å². The fraction of sp³-hybridized carbons (Fsp3) is 0.179. The van der Waals surface area contributed by atoms with Crippen LogP contribution in [0.4, 0.5) is 10.5 Å². The zero-order valence-corrected chi connectivity index (χ0v) is 19.4. The molecule has 1 aliphatic rings. The molecule has 4 aromatic rings. The number of para-hydroxylation sites is 1. The monoisotopic (exact) mass is 450 g/mol. The number of nitrogens with zero attached hydrogens (tertiary/aromatic N) is 3. The van der Waals surface area contributed by atoms with Crippen molar-refractivity contribution < 1.29 is 9.32 Å². The Morgan fingerprint density at radius 3 is 2.32 bits per heavy atom. The molecular formula is C28H26N4O2. The van der Waals surface area contributed by atoms with Gasteiger partial charge in [0.1, 0.15) is 0 Å². The first-order chi connectivity index (χ1) is 16.5. The van der Waals surface area contributed by atoms with Gasteiger partial charge >= 0.3 is 6.03 Å². The van der Waals surface area contributed by atoms with Gasteiger partial charge in [-0.2, -0.15) is 4.98 Å². The number of urea groups is 1. The molecule has 6 heteroatoms. The summed E-state index contributed by atoms with van der Waals surface area (Å²) in [6, 6.07) is 25.2. The summed E-state index contributed by atoms with van der Waals surface area (Å²) in [4.78, 5) is 19.6. The molecule has 5 rings (SSSR count). The van der Waals surface area contributed by atoms with E-state index in [1.165, 1.54) is 5.56 Å². The minimum atomic E-state index is -0.412. The van der Waals surface area contributed by atoms with E-state index in [1.54, 1.807) is 4.90 Å². The first kappa shape index (κ1) is 21.6. The van der Waals surface area contributed by atoms with E-state index in [2.05, 4.69) is 29.5 Å². The van der Waals surface area contributed by atoms with Gasteiger partial charge in [0.05, 0.1) is 17.3 Å². The Kier molecular flexibility index (Phi) is 5.72. The molecule has 0 radical (unpaired) electrons. The molecule has 2 heterocycles. The van der Waals surface area contributed by atoms with Crippen molar-refractivity contribution in [2.45, 2.75) is 33.2 Å². The van der Waals surface area contributed by atoms with E-state index in [0.717, 1.165) is 40.1 Å². The predicted molar refractivity (Wildman–Crippen MR) is 133 cm³/mol. The number of rotatable bonds is 5. The summed E-state index contributed by atoms with van der Waals surface area (Å²) in [5.74, 6) is 0.900. The van der Waals surface area contributed by atoms with E-state index in [-0.39, 0.29) is 6.03 Å². The number of carbonyl (C=O) groups is 1. The molecule has 1 atom stereocenters. The molecule has 34 heavy (non-hydrogen) atoms. The van der Waals surface area contributed by atoms with E-state index in [0.29, 0.717) is 11.7 Å². The highest BCUT2D eigenvalue weighted by atomic mass is 16.5. The zero-order chi connectivity index (χ0) is 23.7. The van der Waals surface area contributed by atoms with Gasteiger partial charge < -0.3 is 9.84 Å². The Balaban J connectivity index is 1.63. The minimum Gasteiger partial charge on any atom is -0.334 e. The van der Waals surface area contributed by atoms with Gasteiger partial charge in [-0.15, -0.1) is 0 Å². The highest BCUT2D eigenvalue weighted by molar-refractivity contribution is 6.01. The molecule has 0 bridgehead atoms. The van der Waals surface area contributed by atoms with Crippen molar-refractivity contribution in [1.82, 2.24) is 15.5 Å². The van der Waals surface area contributed by atoms with Crippen LogP contribution < -0.4 is 10.2 Å². The third-order valence-corrected chi connectivity index (χ3v) is 6.19. The fourth-order valence-corrected chi connectivity index (χ4v) is 4.26. The molecule has 1 aliphatic heterocycles. The Bertz CT molecular complexity index is 1340. The van der Waals surface area contributed by atoms with Crippen LogP contribution in [-0.2, 0) is 6.42 Å². The Labute approximate surface area is 198 Å². The lowest BCUT2D eigenvalue weighted by molar-refractivity contribution is 0.244. The third kappa shape index (κ3) is 3.99. The van der Waals surface area contributed by atoms with Gasteiger partial charge in [-0.05, 0) is 43.5 Å². The van der Waals surface area contributed by atoms with Crippen LogP contribution in [0.5, 0.6) is 0 Å². The van der Waals surface area contributed by atoms with Crippen molar-refractivity contribution in [3.05, 3.63) is 107 Å². The second-order valence-corrected chi connectivity index (χ2v) is 8.44. The summed E-state index contributed by atoms with van der Waals surface area (Å²) in [6.45, 7) is 6.08. The van der Waals surface area contributed by atoms with Crippen molar-refractivity contribution in [1.29, 1.82) is 0 Å². The zero-order valence-electron chi connectivity index (χ0n) is 19.4. The average Bonchev–Trinajstić information content (AvgIpc) is 3.34. The number of carbonyl (C=O) groups excluding carboxylic acids is 1. The normalized spacial score (nSPS) is 16.0. The number of aromatic nitrogens is 2. The molecule has 2 amide bonds. The fourth-order valence-electron chi connectivity index (χ4n) is 4.26. The van der Waals surface area contributed by atoms with Crippen LogP contribution in [0.2, 0.25) is 0 Å². The van der Waals surface area contributed by atoms with Gasteiger partial charge in [0.25, 0.3) is 5.89 Å². The maximum absolute atomic E-state index is 13.3. The topological polar surface area (TPSA) is 71.3 Å². The number of anilines is 1. The lowest BCUT2D eigenvalue weighted by atomic mass is 9.93. The maximum atomic E-state index is 13.3. The standard InChI is InChI=1S/C28H26N4O2/c1-4-20-12-16-21(17-13-20)25-24(19(3)32(28(33)29-25)23-8-6-5-7-9-23)27-30-26(31-34-27)22-14-10-18(2)11-15-22/h5-17,25H,4H2,1-3H3,(H,29,33). The number of aryl methyl sites for hydroxylation is 2. The van der Waals surface area contributed by atoms with Crippen molar-refractivity contribution in [3.63, 3.8) is 0 Å². The van der Waals surface area contributed by atoms with Gasteiger partial charge in [0, 0.05) is 11.3 Å². The summed E-state index contributed by atoms with van der Waals surface area (Å²) in [5.41, 5.74) is 6.53. The number of amides is 2. The molecule has 1 aromatic heterocycles. The van der Waals surface area contributed by atoms with E-state index >= 15 is 0 Å². The van der Waals surface area contributed by atoms with Crippen LogP contribution >= 0.6 is 0 Å². The summed E-state index contributed by atoms with van der Waals surface area (Å²) in [7, 11) is 0. The molecule has 1 unspecified atom stereocenters. The average molecular weight is 451 g/mol. The molecule has 170 valence electrons. The molecule has 0 saturated carbocycles. The van der Waals surface area contributed by atoms with E-state index in [9.17, 15) is 4.79 Å². The van der Waals surface area contributed by atoms with Crippen LogP contribution in [0.15, 0.2) is 89.1 Å². The number of benzene rings is 3. The van der Waals surface area contributed by atoms with Crippen LogP contribution in [0.1, 0.15) is 42.5 Å². The lowest BCUT2D eigenvalue weighted by Gasteiger charge is -2.35. The van der Waals surface area contributed by atoms with Crippen LogP contribution in [0, 0.1) is 6.92 Å². The van der Waals surface area contributed by atoms with Gasteiger partial charge in [-0.25, -0.2) is 4.79 Å². The minimum absolute atomic E-state index is 0.199. The summed E-state index contributed by atoms with van der Waals surface area (Å²) < 4.78 is 5.78. The smallest absolute Gasteiger partial charge is 0.326 e. The molecule has 6 nitrogen and oxygen atoms in total. The molecule has 0 fully saturated rings. The van der Waals surface area contributed by atoms with E-state index in [4.69, 9.17) is 9.51 Å². The molecule has 1 N–H and O–H groups in total. The van der Waals surface area contributed by atoms with Crippen molar-refractivity contribution in [2.75, 3.05) is 4.90 Å². The largest absolute Gasteiger partial charge is 0.334 e. The Morgan fingerprint density at radius 1 is 0.941 bits per heavy atom. The molecular weight excluding hydrogens is 424 g/mol. The summed E-state index contributed by atoms with van der Waals surface area (Å²) >= 11 is 0. The number of allylic oxidation sites excluding steroid dienone is 1. The Morgan fingerprint density at radius 2 is 1.65 bits per heavy atom. The summed E-state index contributed by atoms with van der Waals surface area (Å²) in [5, 5.41) is 7.40. The van der Waals surface area contributed by atoms with Gasteiger partial charge in [0.15, 0.2) is 0 Å². The quantitative estimate of drug-likeness (QED) is 0.387. The molecule has 0 saturated heterocycles. The lowest BCUT2D eigenvalue weighted by Crippen LogP contribution is -2.46. The van der Waals surface area contributed by atoms with Crippen molar-refractivity contribution in [3.8, 4) is 11.4 Å². The number of nitrogens with one attached hydrogen (secondary N) is 1. The highest BCUT2D eigenvalue weighted by Gasteiger charge is 2.36. The summed E-state index contributed by atoms with van der Waals surface area (Å²) in [6.07, 6.45) is 0.949. The van der Waals surface area contributed by atoms with Gasteiger partial charge in [-0.3, -0.25) is 4.90 Å². The second kappa shape index (κ2) is 8.98. The van der Waals surface area contributed by atoms with Crippen molar-refractivity contribution in [2.24, 2.45) is 0 Å². The van der Waals surface area contributed by atoms with Crippen LogP contribution in [0.3, 0.4) is 0 Å². The molecule has 0 spiro atoms. The molecule has 0 aliphatic carbocycles. The molecule has 3 aromatic carbocycles. The van der Waals surface area contributed by atoms with Crippen LogP contribution in [-0.4, -0.2) is 16.2 Å². The maximum Gasteiger partial charge on any atom is 0.326 e. The highest BCUT2D eigenvalue weighted by Crippen LogP contribution is 2.39. The van der Waals surface area contributed by atoms with Gasteiger partial charge in [-0.1, -0.05) is 84.4 Å². The number of hydrogen-bond donors (Lipinski definition) is 1. The Hall–Kier alpha value is -4.19. The third-order valence-electron chi connectivity index (χ3n) is 6.19. The first-order valence-corrected chi connectivity index (χ1v) is 11.4. The first-order valence-electron chi connectivity index (χ1n) is 11.4. The van der Waals surface area contributed by atoms with Crippen LogP contribution in [0.25, 0.3) is 17.0 Å². The predicted octanol–water partition coefficient (Wildman–Crippen LogP) is 6.31. The number of hydrogen-bond acceptors (Lipinski definition) is 4. The van der Waals surface area contributed by atoms with Gasteiger partial charge in [0.2, 0.25) is 5.82 Å². The van der Waals surface area contributed by atoms with E-state index in [1.807, 2.05) is 80.6 Å². The van der Waals surface area contributed by atoms with E-state index < -0.39 is 6.04 Å². The SMILES string of the molecule is CCc1ccc(C2NC(=O)N(c3ccccc3)C(C)=C2c2nc(-c3ccc(C)cc3)no2)cc1. The second-order valence-electron chi connectivity index (χ2n) is 8.44.